The number of hydrogen-bond donors (Lipinski definition) is 1. The first kappa shape index (κ1) is 12.4. The smallest absolute Gasteiger partial charge is 0.303 e. The van der Waals surface area contributed by atoms with Gasteiger partial charge in [-0.2, -0.15) is 0 Å². The van der Waals surface area contributed by atoms with Gasteiger partial charge < -0.3 is 9.67 Å². The Hall–Kier alpha value is -2.10. The van der Waals surface area contributed by atoms with E-state index in [0.717, 1.165) is 28.4 Å². The third-order valence-electron chi connectivity index (χ3n) is 3.33. The predicted molar refractivity (Wildman–Crippen MR) is 69.0 cm³/mol. The molecular weight excluding hydrogens is 230 g/mol. The van der Waals surface area contributed by atoms with Crippen LogP contribution in [-0.2, 0) is 18.3 Å². The van der Waals surface area contributed by atoms with E-state index in [2.05, 4.69) is 0 Å². The van der Waals surface area contributed by atoms with E-state index in [0.29, 0.717) is 12.0 Å². The van der Waals surface area contributed by atoms with E-state index >= 15 is 0 Å². The van der Waals surface area contributed by atoms with Gasteiger partial charge in [0.05, 0.1) is 0 Å². The number of carboxylic acid groups (broad SMARTS) is 1. The maximum atomic E-state index is 11.1. The Kier molecular flexibility index (Phi) is 3.19. The average molecular weight is 245 g/mol. The van der Waals surface area contributed by atoms with Gasteiger partial charge in [-0.3, -0.25) is 9.59 Å². The maximum absolute atomic E-state index is 11.1. The lowest BCUT2D eigenvalue weighted by Gasteiger charge is -2.06. The number of aromatic nitrogens is 1. The minimum atomic E-state index is -0.850. The topological polar surface area (TPSA) is 59.3 Å². The molecule has 0 atom stereocenters. The van der Waals surface area contributed by atoms with Gasteiger partial charge in [-0.1, -0.05) is 0 Å². The number of aliphatic carboxylic acids is 1. The van der Waals surface area contributed by atoms with E-state index in [1.807, 2.05) is 30.7 Å². The second kappa shape index (κ2) is 4.64. The molecule has 2 aromatic rings. The van der Waals surface area contributed by atoms with Crippen LogP contribution in [0.4, 0.5) is 0 Å². The number of carbonyl (C=O) groups excluding carboxylic acids is 1. The van der Waals surface area contributed by atoms with Crippen molar-refractivity contribution in [1.29, 1.82) is 0 Å². The number of benzene rings is 1. The Morgan fingerprint density at radius 1 is 1.44 bits per heavy atom. The highest BCUT2D eigenvalue weighted by Gasteiger charge is 2.12. The molecule has 0 aliphatic carbocycles. The average Bonchev–Trinajstić information content (AvgIpc) is 2.62. The van der Waals surface area contributed by atoms with Gasteiger partial charge in [0.25, 0.3) is 0 Å². The van der Waals surface area contributed by atoms with Crippen molar-refractivity contribution >= 4 is 23.2 Å². The Labute approximate surface area is 105 Å². The SMILES string of the molecule is Cc1cc2c(CCC(=O)O)c(C=O)ccc2n1C. The molecule has 4 nitrogen and oxygen atoms in total. The van der Waals surface area contributed by atoms with Gasteiger partial charge in [0.15, 0.2) is 0 Å². The molecule has 1 N–H and O–H groups in total. The van der Waals surface area contributed by atoms with Crippen molar-refractivity contribution in [2.45, 2.75) is 19.8 Å². The summed E-state index contributed by atoms with van der Waals surface area (Å²) in [4.78, 5) is 21.7. The van der Waals surface area contributed by atoms with Crippen LogP contribution in [0.5, 0.6) is 0 Å². The van der Waals surface area contributed by atoms with Crippen LogP contribution in [0.1, 0.15) is 28.0 Å². The fourth-order valence-electron chi connectivity index (χ4n) is 2.24. The first-order valence-electron chi connectivity index (χ1n) is 5.79. The van der Waals surface area contributed by atoms with E-state index in [-0.39, 0.29) is 6.42 Å². The van der Waals surface area contributed by atoms with Crippen LogP contribution in [0.15, 0.2) is 18.2 Å². The van der Waals surface area contributed by atoms with Crippen LogP contribution in [0, 0.1) is 6.92 Å². The van der Waals surface area contributed by atoms with Crippen molar-refractivity contribution in [1.82, 2.24) is 4.57 Å². The fraction of sp³-hybridized carbons (Fsp3) is 0.286. The van der Waals surface area contributed by atoms with Gasteiger partial charge in [-0.05, 0) is 37.1 Å². The van der Waals surface area contributed by atoms with Gasteiger partial charge in [0, 0.05) is 35.6 Å². The summed E-state index contributed by atoms with van der Waals surface area (Å²) in [7, 11) is 1.96. The molecule has 0 radical (unpaired) electrons. The first-order valence-corrected chi connectivity index (χ1v) is 5.79. The molecule has 0 saturated heterocycles. The van der Waals surface area contributed by atoms with Crippen molar-refractivity contribution in [2.75, 3.05) is 0 Å². The lowest BCUT2D eigenvalue weighted by molar-refractivity contribution is -0.136. The lowest BCUT2D eigenvalue weighted by atomic mass is 9.99. The Bertz CT molecular complexity index is 625. The summed E-state index contributed by atoms with van der Waals surface area (Å²) in [6, 6.07) is 5.65. The summed E-state index contributed by atoms with van der Waals surface area (Å²) in [5.74, 6) is -0.850. The molecular formula is C14H15NO3. The van der Waals surface area contributed by atoms with E-state index in [4.69, 9.17) is 5.11 Å². The van der Waals surface area contributed by atoms with Crippen molar-refractivity contribution < 1.29 is 14.7 Å². The summed E-state index contributed by atoms with van der Waals surface area (Å²) < 4.78 is 2.04. The number of nitrogens with zero attached hydrogens (tertiary/aromatic N) is 1. The molecule has 0 amide bonds. The minimum Gasteiger partial charge on any atom is -0.481 e. The molecule has 0 spiro atoms. The van der Waals surface area contributed by atoms with Crippen LogP contribution >= 0.6 is 0 Å². The van der Waals surface area contributed by atoms with E-state index < -0.39 is 5.97 Å². The molecule has 18 heavy (non-hydrogen) atoms. The van der Waals surface area contributed by atoms with E-state index in [1.165, 1.54) is 0 Å². The zero-order valence-corrected chi connectivity index (χ0v) is 10.4. The third kappa shape index (κ3) is 2.01. The summed E-state index contributed by atoms with van der Waals surface area (Å²) in [6.45, 7) is 1.99. The number of carbonyl (C=O) groups is 2. The van der Waals surface area contributed by atoms with Crippen molar-refractivity contribution in [3.05, 3.63) is 35.0 Å². The van der Waals surface area contributed by atoms with E-state index in [1.54, 1.807) is 6.07 Å². The standard InChI is InChI=1S/C14H15NO3/c1-9-7-12-11(4-6-14(17)18)10(8-16)3-5-13(12)15(9)2/h3,5,7-8H,4,6H2,1-2H3,(H,17,18). The quantitative estimate of drug-likeness (QED) is 0.841. The first-order chi connectivity index (χ1) is 8.54. The number of rotatable bonds is 4. The molecule has 0 unspecified atom stereocenters. The van der Waals surface area contributed by atoms with Gasteiger partial charge in [0.1, 0.15) is 6.29 Å². The van der Waals surface area contributed by atoms with E-state index in [9.17, 15) is 9.59 Å². The minimum absolute atomic E-state index is 0.0356. The fourth-order valence-corrected chi connectivity index (χ4v) is 2.24. The van der Waals surface area contributed by atoms with Crippen molar-refractivity contribution in [3.8, 4) is 0 Å². The van der Waals surface area contributed by atoms with Gasteiger partial charge >= 0.3 is 5.97 Å². The number of aryl methyl sites for hydroxylation is 3. The Morgan fingerprint density at radius 2 is 2.17 bits per heavy atom. The highest BCUT2D eigenvalue weighted by Crippen LogP contribution is 2.25. The van der Waals surface area contributed by atoms with Crippen LogP contribution in [0.2, 0.25) is 0 Å². The normalized spacial score (nSPS) is 10.8. The molecule has 0 fully saturated rings. The largest absolute Gasteiger partial charge is 0.481 e. The lowest BCUT2D eigenvalue weighted by Crippen LogP contribution is -2.01. The summed E-state index contributed by atoms with van der Waals surface area (Å²) in [5.41, 5.74) is 3.52. The number of hydrogen-bond acceptors (Lipinski definition) is 2. The summed E-state index contributed by atoms with van der Waals surface area (Å²) in [6.07, 6.45) is 1.21. The Morgan fingerprint density at radius 3 is 2.78 bits per heavy atom. The van der Waals surface area contributed by atoms with Gasteiger partial charge in [0.2, 0.25) is 0 Å². The van der Waals surface area contributed by atoms with Gasteiger partial charge in [-0.15, -0.1) is 0 Å². The van der Waals surface area contributed by atoms with Crippen LogP contribution < -0.4 is 0 Å². The predicted octanol–water partition coefficient (Wildman–Crippen LogP) is 2.32. The van der Waals surface area contributed by atoms with Gasteiger partial charge in [-0.25, -0.2) is 0 Å². The second-order valence-electron chi connectivity index (χ2n) is 4.42. The molecule has 0 aliphatic rings. The molecule has 0 bridgehead atoms. The molecule has 1 heterocycles. The Balaban J connectivity index is 2.61. The number of aldehydes is 1. The van der Waals surface area contributed by atoms with Crippen LogP contribution in [0.3, 0.4) is 0 Å². The summed E-state index contributed by atoms with van der Waals surface area (Å²) >= 11 is 0. The maximum Gasteiger partial charge on any atom is 0.303 e. The highest BCUT2D eigenvalue weighted by atomic mass is 16.4. The number of carboxylic acids is 1. The molecule has 1 aromatic carbocycles. The molecule has 2 rings (SSSR count). The highest BCUT2D eigenvalue weighted by molar-refractivity contribution is 5.92. The monoisotopic (exact) mass is 245 g/mol. The van der Waals surface area contributed by atoms with Crippen molar-refractivity contribution in [2.24, 2.45) is 7.05 Å². The zero-order chi connectivity index (χ0) is 13.3. The molecule has 94 valence electrons. The zero-order valence-electron chi connectivity index (χ0n) is 10.4. The van der Waals surface area contributed by atoms with Crippen LogP contribution in [-0.4, -0.2) is 21.9 Å². The second-order valence-corrected chi connectivity index (χ2v) is 4.42. The third-order valence-corrected chi connectivity index (χ3v) is 3.33. The number of fused-ring (bicyclic) bond motifs is 1. The molecule has 0 aliphatic heterocycles. The molecule has 0 saturated carbocycles. The van der Waals surface area contributed by atoms with Crippen molar-refractivity contribution in [3.63, 3.8) is 0 Å². The summed E-state index contributed by atoms with van der Waals surface area (Å²) in [5, 5.41) is 9.75. The molecule has 4 heteroatoms. The van der Waals surface area contributed by atoms with Crippen LogP contribution in [0.25, 0.3) is 10.9 Å². The molecule has 1 aromatic heterocycles.